The lowest BCUT2D eigenvalue weighted by atomic mass is 9.94. The number of likely N-dealkylation sites (tertiary alicyclic amines) is 1. The lowest BCUT2D eigenvalue weighted by Gasteiger charge is -2.35. The summed E-state index contributed by atoms with van der Waals surface area (Å²) in [7, 11) is 3.12. The van der Waals surface area contributed by atoms with Crippen LogP contribution in [0.1, 0.15) is 41.2 Å². The number of piperidine rings is 1. The summed E-state index contributed by atoms with van der Waals surface area (Å²) in [5, 5.41) is 2.50. The van der Waals surface area contributed by atoms with Crippen LogP contribution >= 0.6 is 0 Å². The molecule has 3 rings (SSSR count). The Balaban J connectivity index is 1.82. The summed E-state index contributed by atoms with van der Waals surface area (Å²) in [4.78, 5) is 42.3. The first-order valence-electron chi connectivity index (χ1n) is 9.52. The first kappa shape index (κ1) is 21.1. The number of benzene rings is 1. The summed E-state index contributed by atoms with van der Waals surface area (Å²) in [6.07, 6.45) is 5.08. The molecule has 1 atom stereocenters. The fraction of sp³-hybridized carbons (Fsp3) is 0.333. The number of rotatable bonds is 5. The molecule has 1 aliphatic rings. The second-order valence-electron chi connectivity index (χ2n) is 6.94. The molecule has 158 valence electrons. The zero-order valence-electron chi connectivity index (χ0n) is 16.9. The average molecular weight is 412 g/mol. The molecule has 0 unspecified atom stereocenters. The van der Waals surface area contributed by atoms with Gasteiger partial charge in [-0.1, -0.05) is 0 Å². The minimum atomic E-state index is -0.805. The fourth-order valence-corrected chi connectivity index (χ4v) is 3.50. The molecule has 1 aromatic heterocycles. The van der Waals surface area contributed by atoms with Gasteiger partial charge in [0.1, 0.15) is 11.5 Å². The first-order valence-corrected chi connectivity index (χ1v) is 9.52. The first-order chi connectivity index (χ1) is 14.4. The number of amides is 3. The predicted molar refractivity (Wildman–Crippen MR) is 109 cm³/mol. The molecule has 3 amide bonds. The van der Waals surface area contributed by atoms with Gasteiger partial charge in [0.2, 0.25) is 5.91 Å². The van der Waals surface area contributed by atoms with E-state index in [0.717, 1.165) is 18.4 Å². The Morgan fingerprint density at radius 1 is 1.07 bits per heavy atom. The minimum absolute atomic E-state index is 0.138. The summed E-state index contributed by atoms with van der Waals surface area (Å²) >= 11 is 0. The van der Waals surface area contributed by atoms with Crippen LogP contribution in [0.3, 0.4) is 0 Å². The third-order valence-electron chi connectivity index (χ3n) is 5.00. The van der Waals surface area contributed by atoms with E-state index in [1.54, 1.807) is 25.2 Å². The van der Waals surface area contributed by atoms with E-state index in [4.69, 9.17) is 15.2 Å². The van der Waals surface area contributed by atoms with Gasteiger partial charge in [-0.15, -0.1) is 0 Å². The van der Waals surface area contributed by atoms with Gasteiger partial charge in [-0.05, 0) is 43.0 Å². The normalized spacial score (nSPS) is 15.9. The number of pyridine rings is 1. The molecule has 0 bridgehead atoms. The van der Waals surface area contributed by atoms with E-state index in [2.05, 4.69) is 10.3 Å². The maximum atomic E-state index is 13.0. The van der Waals surface area contributed by atoms with Gasteiger partial charge in [-0.3, -0.25) is 19.4 Å². The Morgan fingerprint density at radius 3 is 2.40 bits per heavy atom. The molecule has 2 aromatic rings. The molecule has 30 heavy (non-hydrogen) atoms. The van der Waals surface area contributed by atoms with E-state index in [1.165, 1.54) is 18.5 Å². The Hall–Kier alpha value is -3.62. The molecule has 2 heterocycles. The monoisotopic (exact) mass is 412 g/mol. The molecule has 0 saturated carbocycles. The number of carbonyl (C=O) groups excluding carboxylic acids is 3. The fourth-order valence-electron chi connectivity index (χ4n) is 3.50. The number of carbonyl (C=O) groups is 3. The zero-order chi connectivity index (χ0) is 21.7. The number of nitrogens with two attached hydrogens (primary N) is 1. The number of methoxy groups -OCH3 is 2. The highest BCUT2D eigenvalue weighted by atomic mass is 16.5. The van der Waals surface area contributed by atoms with E-state index >= 15 is 0 Å². The summed E-state index contributed by atoms with van der Waals surface area (Å²) < 4.78 is 10.7. The smallest absolute Gasteiger partial charge is 0.313 e. The van der Waals surface area contributed by atoms with Crippen LogP contribution in [0.4, 0.5) is 5.69 Å². The van der Waals surface area contributed by atoms with Crippen LogP contribution in [0.2, 0.25) is 0 Å². The van der Waals surface area contributed by atoms with Gasteiger partial charge in [-0.2, -0.15) is 0 Å². The summed E-state index contributed by atoms with van der Waals surface area (Å²) in [5.41, 5.74) is 6.43. The van der Waals surface area contributed by atoms with E-state index in [1.807, 2.05) is 12.1 Å². The van der Waals surface area contributed by atoms with Crippen LogP contribution in [0.5, 0.6) is 11.5 Å². The molecule has 0 spiro atoms. The van der Waals surface area contributed by atoms with Gasteiger partial charge in [-0.25, -0.2) is 0 Å². The van der Waals surface area contributed by atoms with Gasteiger partial charge in [0.25, 0.3) is 0 Å². The molecule has 3 N–H and O–H groups in total. The van der Waals surface area contributed by atoms with Crippen molar-refractivity contribution in [1.82, 2.24) is 9.88 Å². The number of nitrogens with zero attached hydrogens (tertiary/aromatic N) is 2. The number of ether oxygens (including phenoxy) is 2. The zero-order valence-corrected chi connectivity index (χ0v) is 16.9. The second kappa shape index (κ2) is 9.25. The van der Waals surface area contributed by atoms with Crippen molar-refractivity contribution in [3.63, 3.8) is 0 Å². The third kappa shape index (κ3) is 4.68. The highest BCUT2D eigenvalue weighted by Gasteiger charge is 2.32. The molecule has 9 nitrogen and oxygen atoms in total. The minimum Gasteiger partial charge on any atom is -0.497 e. The molecule has 9 heteroatoms. The van der Waals surface area contributed by atoms with Crippen LogP contribution in [-0.4, -0.2) is 48.4 Å². The Kier molecular flexibility index (Phi) is 6.51. The van der Waals surface area contributed by atoms with Gasteiger partial charge in [0.05, 0.1) is 37.7 Å². The van der Waals surface area contributed by atoms with Gasteiger partial charge < -0.3 is 25.4 Å². The molecule has 1 fully saturated rings. The largest absolute Gasteiger partial charge is 0.497 e. The van der Waals surface area contributed by atoms with Crippen molar-refractivity contribution in [2.75, 3.05) is 26.1 Å². The third-order valence-corrected chi connectivity index (χ3v) is 5.00. The van der Waals surface area contributed by atoms with Crippen LogP contribution in [-0.2, 0) is 9.59 Å². The van der Waals surface area contributed by atoms with Crippen molar-refractivity contribution in [3.8, 4) is 11.5 Å². The van der Waals surface area contributed by atoms with Gasteiger partial charge in [0.15, 0.2) is 0 Å². The Labute approximate surface area is 174 Å². The second-order valence-corrected chi connectivity index (χ2v) is 6.94. The highest BCUT2D eigenvalue weighted by molar-refractivity contribution is 6.39. The Morgan fingerprint density at radius 2 is 1.77 bits per heavy atom. The molecule has 0 aliphatic carbocycles. The Bertz CT molecular complexity index is 940. The maximum Gasteiger partial charge on any atom is 0.313 e. The molecule has 1 saturated heterocycles. The van der Waals surface area contributed by atoms with Crippen molar-refractivity contribution in [3.05, 3.63) is 47.8 Å². The number of nitrogens with one attached hydrogen (secondary N) is 1. The van der Waals surface area contributed by atoms with Crippen molar-refractivity contribution in [1.29, 1.82) is 0 Å². The SMILES string of the molecule is COc1cc(OC)cc([C@@H]2CCCCN2C(=O)C(=O)Nc2cncc(C(N)=O)c2)c1. The van der Waals surface area contributed by atoms with E-state index in [0.29, 0.717) is 24.5 Å². The van der Waals surface area contributed by atoms with E-state index in [9.17, 15) is 14.4 Å². The summed E-state index contributed by atoms with van der Waals surface area (Å²) in [6, 6.07) is 6.54. The van der Waals surface area contributed by atoms with Crippen LogP contribution in [0, 0.1) is 0 Å². The van der Waals surface area contributed by atoms with Crippen molar-refractivity contribution in [2.45, 2.75) is 25.3 Å². The molecule has 0 radical (unpaired) electrons. The van der Waals surface area contributed by atoms with Gasteiger partial charge in [0, 0.05) is 18.8 Å². The van der Waals surface area contributed by atoms with Crippen molar-refractivity contribution in [2.24, 2.45) is 5.73 Å². The molecule has 1 aromatic carbocycles. The van der Waals surface area contributed by atoms with Crippen LogP contribution in [0.15, 0.2) is 36.7 Å². The number of anilines is 1. The quantitative estimate of drug-likeness (QED) is 0.723. The summed E-state index contributed by atoms with van der Waals surface area (Å²) in [6.45, 7) is 0.454. The maximum absolute atomic E-state index is 13.0. The highest BCUT2D eigenvalue weighted by Crippen LogP contribution is 2.35. The average Bonchev–Trinajstić information content (AvgIpc) is 2.78. The predicted octanol–water partition coefficient (Wildman–Crippen LogP) is 1.89. The lowest BCUT2D eigenvalue weighted by molar-refractivity contribution is -0.145. The van der Waals surface area contributed by atoms with Crippen molar-refractivity contribution < 1.29 is 23.9 Å². The topological polar surface area (TPSA) is 124 Å². The molecule has 1 aliphatic heterocycles. The number of aromatic nitrogens is 1. The number of primary amides is 1. The molecular formula is C21H24N4O5. The van der Waals surface area contributed by atoms with Crippen molar-refractivity contribution >= 4 is 23.4 Å². The number of hydrogen-bond acceptors (Lipinski definition) is 6. The summed E-state index contributed by atoms with van der Waals surface area (Å²) in [5.74, 6) is -0.915. The van der Waals surface area contributed by atoms with Crippen LogP contribution in [0.25, 0.3) is 0 Å². The van der Waals surface area contributed by atoms with E-state index in [-0.39, 0.29) is 17.3 Å². The van der Waals surface area contributed by atoms with Crippen LogP contribution < -0.4 is 20.5 Å². The van der Waals surface area contributed by atoms with Gasteiger partial charge >= 0.3 is 11.8 Å². The standard InChI is InChI=1S/C21H24N4O5/c1-29-16-8-13(9-17(10-16)30-2)18-5-3-4-6-25(18)21(28)20(27)24-15-7-14(19(22)26)11-23-12-15/h7-12,18H,3-6H2,1-2H3,(H2,22,26)(H,24,27)/t18-/m0/s1. The molecular weight excluding hydrogens is 388 g/mol. The number of hydrogen-bond donors (Lipinski definition) is 2. The lowest BCUT2D eigenvalue weighted by Crippen LogP contribution is -2.44. The van der Waals surface area contributed by atoms with E-state index < -0.39 is 17.7 Å².